The van der Waals surface area contributed by atoms with Gasteiger partial charge >= 0.3 is 5.97 Å². The summed E-state index contributed by atoms with van der Waals surface area (Å²) in [6.45, 7) is 12.3. The van der Waals surface area contributed by atoms with Crippen molar-refractivity contribution in [3.8, 4) is 11.5 Å². The molecule has 0 amide bonds. The van der Waals surface area contributed by atoms with Crippen LogP contribution >= 0.6 is 12.4 Å². The molecule has 0 aromatic heterocycles. The molecule has 0 radical (unpaired) electrons. The molecule has 1 saturated heterocycles. The fourth-order valence-electron chi connectivity index (χ4n) is 3.03. The van der Waals surface area contributed by atoms with Gasteiger partial charge in [0.2, 0.25) is 0 Å². The van der Waals surface area contributed by atoms with Crippen LogP contribution in [-0.2, 0) is 4.79 Å². The van der Waals surface area contributed by atoms with Gasteiger partial charge in [-0.3, -0.25) is 9.69 Å². The molecule has 2 rings (SSSR count). The van der Waals surface area contributed by atoms with E-state index in [4.69, 9.17) is 9.47 Å². The normalized spacial score (nSPS) is 14.4. The zero-order valence-electron chi connectivity index (χ0n) is 16.0. The molecule has 0 atom stereocenters. The van der Waals surface area contributed by atoms with Crippen LogP contribution in [0.2, 0.25) is 0 Å². The maximum atomic E-state index is 11.8. The summed E-state index contributed by atoms with van der Waals surface area (Å²) >= 11 is 0. The first-order valence-electron chi connectivity index (χ1n) is 9.21. The third-order valence-corrected chi connectivity index (χ3v) is 4.47. The molecule has 1 aliphatic rings. The zero-order chi connectivity index (χ0) is 17.5. The van der Waals surface area contributed by atoms with Crippen molar-refractivity contribution in [1.29, 1.82) is 0 Å². The number of carbonyl (C=O) groups is 1. The van der Waals surface area contributed by atoms with Crippen LogP contribution in [0, 0.1) is 6.92 Å². The average molecular weight is 370 g/mol. The summed E-state index contributed by atoms with van der Waals surface area (Å²) in [5.41, 5.74) is 2.04. The third-order valence-electron chi connectivity index (χ3n) is 4.47. The molecule has 4 nitrogen and oxygen atoms in total. The Hall–Kier alpha value is -1.26. The first-order chi connectivity index (χ1) is 11.5. The number of hydrogen-bond donors (Lipinski definition) is 0. The minimum atomic E-state index is -0.169. The number of nitrogens with zero attached hydrogens (tertiary/aromatic N) is 1. The van der Waals surface area contributed by atoms with E-state index in [0.29, 0.717) is 24.7 Å². The summed E-state index contributed by atoms with van der Waals surface area (Å²) in [6, 6.07) is 3.98. The molecule has 142 valence electrons. The number of ether oxygens (including phenoxy) is 2. The van der Waals surface area contributed by atoms with E-state index >= 15 is 0 Å². The first-order valence-corrected chi connectivity index (χ1v) is 9.21. The Bertz CT molecular complexity index is 554. The summed E-state index contributed by atoms with van der Waals surface area (Å²) in [6.07, 6.45) is 3.85. The number of hydrogen-bond acceptors (Lipinski definition) is 4. The van der Waals surface area contributed by atoms with Crippen LogP contribution in [0.3, 0.4) is 0 Å². The Morgan fingerprint density at radius 1 is 1.20 bits per heavy atom. The maximum Gasteiger partial charge on any atom is 0.311 e. The second-order valence-electron chi connectivity index (χ2n) is 6.93. The van der Waals surface area contributed by atoms with Gasteiger partial charge in [-0.05, 0) is 62.9 Å². The Balaban J connectivity index is 0.00000312. The Morgan fingerprint density at radius 3 is 2.48 bits per heavy atom. The molecule has 0 saturated carbocycles. The summed E-state index contributed by atoms with van der Waals surface area (Å²) in [4.78, 5) is 14.2. The van der Waals surface area contributed by atoms with E-state index in [9.17, 15) is 4.79 Å². The van der Waals surface area contributed by atoms with E-state index in [2.05, 4.69) is 18.7 Å². The third kappa shape index (κ3) is 6.52. The predicted molar refractivity (Wildman–Crippen MR) is 104 cm³/mol. The molecule has 25 heavy (non-hydrogen) atoms. The molecule has 1 heterocycles. The van der Waals surface area contributed by atoms with Crippen molar-refractivity contribution in [2.75, 3.05) is 26.2 Å². The molecule has 0 aliphatic carbocycles. The predicted octanol–water partition coefficient (Wildman–Crippen LogP) is 4.72. The molecular formula is C20H32ClNO3. The Kier molecular flexibility index (Phi) is 9.30. The fourth-order valence-corrected chi connectivity index (χ4v) is 3.03. The van der Waals surface area contributed by atoms with Gasteiger partial charge in [-0.2, -0.15) is 0 Å². The lowest BCUT2D eigenvalue weighted by Crippen LogP contribution is -2.25. The van der Waals surface area contributed by atoms with Crippen LogP contribution in [0.5, 0.6) is 11.5 Å². The van der Waals surface area contributed by atoms with E-state index in [1.807, 2.05) is 26.0 Å². The monoisotopic (exact) mass is 369 g/mol. The summed E-state index contributed by atoms with van der Waals surface area (Å²) in [5, 5.41) is 0. The van der Waals surface area contributed by atoms with Crippen molar-refractivity contribution < 1.29 is 14.3 Å². The van der Waals surface area contributed by atoms with Crippen molar-refractivity contribution in [2.45, 2.75) is 59.3 Å². The van der Waals surface area contributed by atoms with E-state index < -0.39 is 0 Å². The van der Waals surface area contributed by atoms with Gasteiger partial charge in [0.1, 0.15) is 18.1 Å². The van der Waals surface area contributed by atoms with Crippen molar-refractivity contribution in [3.63, 3.8) is 0 Å². The van der Waals surface area contributed by atoms with Gasteiger partial charge in [0.15, 0.2) is 0 Å². The molecule has 0 spiro atoms. The number of aryl methyl sites for hydroxylation is 1. The van der Waals surface area contributed by atoms with Gasteiger partial charge in [-0.15, -0.1) is 12.4 Å². The Morgan fingerprint density at radius 2 is 1.88 bits per heavy atom. The highest BCUT2D eigenvalue weighted by molar-refractivity contribution is 5.85. The Labute approximate surface area is 158 Å². The van der Waals surface area contributed by atoms with E-state index in [0.717, 1.165) is 29.8 Å². The zero-order valence-corrected chi connectivity index (χ0v) is 16.8. The van der Waals surface area contributed by atoms with E-state index in [-0.39, 0.29) is 18.4 Å². The number of esters is 1. The summed E-state index contributed by atoms with van der Waals surface area (Å²) < 4.78 is 11.6. The van der Waals surface area contributed by atoms with Gasteiger partial charge in [0.25, 0.3) is 0 Å². The smallest absolute Gasteiger partial charge is 0.311 e. The minimum Gasteiger partial charge on any atom is -0.492 e. The molecule has 5 heteroatoms. The second kappa shape index (κ2) is 10.7. The molecule has 1 aliphatic heterocycles. The summed E-state index contributed by atoms with van der Waals surface area (Å²) in [7, 11) is 0. The van der Waals surface area contributed by atoms with Crippen LogP contribution in [0.25, 0.3) is 0 Å². The molecule has 1 aromatic rings. The second-order valence-corrected chi connectivity index (χ2v) is 6.93. The topological polar surface area (TPSA) is 38.8 Å². The number of benzene rings is 1. The molecule has 1 aromatic carbocycles. The van der Waals surface area contributed by atoms with Crippen molar-refractivity contribution >= 4 is 18.4 Å². The van der Waals surface area contributed by atoms with Crippen LogP contribution < -0.4 is 9.47 Å². The van der Waals surface area contributed by atoms with Crippen LogP contribution in [0.15, 0.2) is 12.1 Å². The quantitative estimate of drug-likeness (QED) is 0.491. The van der Waals surface area contributed by atoms with E-state index in [1.165, 1.54) is 25.9 Å². The minimum absolute atomic E-state index is 0. The molecule has 0 N–H and O–H groups in total. The lowest BCUT2D eigenvalue weighted by Gasteiger charge is -2.19. The maximum absolute atomic E-state index is 11.8. The SMILES string of the molecule is CCCC(=O)Oc1cc(C(C)C)c(OCCN2CCCC2)cc1C.Cl. The van der Waals surface area contributed by atoms with Crippen LogP contribution in [0.1, 0.15) is 63.5 Å². The first kappa shape index (κ1) is 21.8. The standard InChI is InChI=1S/C20H31NO3.ClH/c1-5-8-20(22)24-18-14-17(15(2)3)19(13-16(18)4)23-12-11-21-9-6-7-10-21;/h13-15H,5-12H2,1-4H3;1H. The van der Waals surface area contributed by atoms with Crippen molar-refractivity contribution in [2.24, 2.45) is 0 Å². The van der Waals surface area contributed by atoms with E-state index in [1.54, 1.807) is 0 Å². The average Bonchev–Trinajstić information content (AvgIpc) is 3.03. The van der Waals surface area contributed by atoms with Gasteiger partial charge in [-0.1, -0.05) is 20.8 Å². The molecule has 1 fully saturated rings. The number of halogens is 1. The molecule has 0 bridgehead atoms. The van der Waals surface area contributed by atoms with Crippen LogP contribution in [-0.4, -0.2) is 37.1 Å². The van der Waals surface area contributed by atoms with Gasteiger partial charge in [0.05, 0.1) is 0 Å². The highest BCUT2D eigenvalue weighted by atomic mass is 35.5. The number of rotatable bonds is 8. The lowest BCUT2D eigenvalue weighted by atomic mass is 10.00. The van der Waals surface area contributed by atoms with Crippen molar-refractivity contribution in [1.82, 2.24) is 4.90 Å². The lowest BCUT2D eigenvalue weighted by molar-refractivity contribution is -0.134. The summed E-state index contributed by atoms with van der Waals surface area (Å²) in [5.74, 6) is 1.72. The molecular weight excluding hydrogens is 338 g/mol. The van der Waals surface area contributed by atoms with Crippen LogP contribution in [0.4, 0.5) is 0 Å². The van der Waals surface area contributed by atoms with Gasteiger partial charge < -0.3 is 9.47 Å². The van der Waals surface area contributed by atoms with Gasteiger partial charge in [0, 0.05) is 18.5 Å². The highest BCUT2D eigenvalue weighted by Gasteiger charge is 2.16. The number of carbonyl (C=O) groups excluding carboxylic acids is 1. The molecule has 0 unspecified atom stereocenters. The fraction of sp³-hybridized carbons (Fsp3) is 0.650. The van der Waals surface area contributed by atoms with Gasteiger partial charge in [-0.25, -0.2) is 0 Å². The van der Waals surface area contributed by atoms with Crippen molar-refractivity contribution in [3.05, 3.63) is 23.3 Å². The number of likely N-dealkylation sites (tertiary alicyclic amines) is 1. The largest absolute Gasteiger partial charge is 0.492 e. The highest BCUT2D eigenvalue weighted by Crippen LogP contribution is 2.33.